The molecule has 0 aliphatic rings. The molecule has 0 aliphatic carbocycles. The molecular weight excluding hydrogens is 290 g/mol. The zero-order valence-corrected chi connectivity index (χ0v) is 13.6. The summed E-state index contributed by atoms with van der Waals surface area (Å²) in [6, 6.07) is 7.74. The molecule has 0 amide bonds. The number of ether oxygens (including phenoxy) is 1. The largest absolute Gasteiger partial charge is 0.493 e. The second kappa shape index (κ2) is 6.38. The highest BCUT2D eigenvalue weighted by molar-refractivity contribution is 5.74. The number of aliphatic hydroxyl groups is 1. The van der Waals surface area contributed by atoms with Gasteiger partial charge in [0, 0.05) is 29.4 Å². The molecule has 3 aromatic rings. The molecule has 0 bridgehead atoms. The first-order valence-corrected chi connectivity index (χ1v) is 7.80. The van der Waals surface area contributed by atoms with Crippen LogP contribution >= 0.6 is 0 Å². The second-order valence-electron chi connectivity index (χ2n) is 5.63. The smallest absolute Gasteiger partial charge is 0.136 e. The maximum Gasteiger partial charge on any atom is 0.136 e. The molecule has 5 nitrogen and oxygen atoms in total. The Bertz CT molecular complexity index is 793. The summed E-state index contributed by atoms with van der Waals surface area (Å²) in [5.74, 6) is 1.42. The Labute approximate surface area is 135 Å². The van der Waals surface area contributed by atoms with E-state index in [-0.39, 0.29) is 0 Å². The van der Waals surface area contributed by atoms with E-state index in [1.54, 1.807) is 6.20 Å². The number of benzene rings is 1. The van der Waals surface area contributed by atoms with Crippen molar-refractivity contribution < 1.29 is 9.84 Å². The first kappa shape index (κ1) is 15.5. The van der Waals surface area contributed by atoms with E-state index in [1.807, 2.05) is 45.0 Å². The molecular formula is C18H21N3O2. The van der Waals surface area contributed by atoms with Crippen molar-refractivity contribution in [1.82, 2.24) is 15.0 Å². The SMILES string of the molecule is CCOc1c(C)cnc(CC(O)c2nc3ccccc3[nH]2)c1C. The first-order chi connectivity index (χ1) is 11.1. The minimum absolute atomic E-state index is 0.395. The molecule has 2 N–H and O–H groups in total. The van der Waals surface area contributed by atoms with Gasteiger partial charge in [0.15, 0.2) is 0 Å². The lowest BCUT2D eigenvalue weighted by atomic mass is 10.1. The van der Waals surface area contributed by atoms with E-state index in [2.05, 4.69) is 15.0 Å². The minimum Gasteiger partial charge on any atom is -0.493 e. The summed E-state index contributed by atoms with van der Waals surface area (Å²) in [4.78, 5) is 12.1. The normalized spacial score (nSPS) is 12.5. The lowest BCUT2D eigenvalue weighted by Crippen LogP contribution is -2.09. The summed E-state index contributed by atoms with van der Waals surface area (Å²) < 4.78 is 5.70. The number of rotatable bonds is 5. The van der Waals surface area contributed by atoms with Crippen molar-refractivity contribution in [3.8, 4) is 5.75 Å². The van der Waals surface area contributed by atoms with Gasteiger partial charge in [-0.1, -0.05) is 12.1 Å². The van der Waals surface area contributed by atoms with Gasteiger partial charge in [-0.05, 0) is 32.9 Å². The number of hydrogen-bond donors (Lipinski definition) is 2. The molecule has 2 aromatic heterocycles. The average Bonchev–Trinajstić information content (AvgIpc) is 2.98. The maximum absolute atomic E-state index is 10.5. The highest BCUT2D eigenvalue weighted by Crippen LogP contribution is 2.27. The van der Waals surface area contributed by atoms with Crippen LogP contribution in [0.2, 0.25) is 0 Å². The lowest BCUT2D eigenvalue weighted by molar-refractivity contribution is 0.168. The van der Waals surface area contributed by atoms with Crippen molar-refractivity contribution >= 4 is 11.0 Å². The Morgan fingerprint density at radius 3 is 2.78 bits per heavy atom. The fourth-order valence-corrected chi connectivity index (χ4v) is 2.74. The van der Waals surface area contributed by atoms with Gasteiger partial charge >= 0.3 is 0 Å². The lowest BCUT2D eigenvalue weighted by Gasteiger charge is -2.15. The minimum atomic E-state index is -0.731. The molecule has 0 radical (unpaired) electrons. The van der Waals surface area contributed by atoms with Crippen LogP contribution in [0, 0.1) is 13.8 Å². The van der Waals surface area contributed by atoms with Crippen LogP contribution in [0.25, 0.3) is 11.0 Å². The van der Waals surface area contributed by atoms with Crippen LogP contribution in [0.3, 0.4) is 0 Å². The molecule has 1 atom stereocenters. The number of H-pyrrole nitrogens is 1. The van der Waals surface area contributed by atoms with Gasteiger partial charge in [0.25, 0.3) is 0 Å². The molecule has 23 heavy (non-hydrogen) atoms. The Morgan fingerprint density at radius 1 is 1.26 bits per heavy atom. The van der Waals surface area contributed by atoms with Crippen LogP contribution in [0.1, 0.15) is 35.7 Å². The van der Waals surface area contributed by atoms with E-state index < -0.39 is 6.10 Å². The number of nitrogens with zero attached hydrogens (tertiary/aromatic N) is 2. The van der Waals surface area contributed by atoms with Crippen LogP contribution in [0.4, 0.5) is 0 Å². The number of aryl methyl sites for hydroxylation is 1. The molecule has 0 aliphatic heterocycles. The molecule has 2 heterocycles. The van der Waals surface area contributed by atoms with Gasteiger partial charge in [-0.25, -0.2) is 4.98 Å². The molecule has 0 saturated carbocycles. The van der Waals surface area contributed by atoms with E-state index in [1.165, 1.54) is 0 Å². The van der Waals surface area contributed by atoms with Gasteiger partial charge in [0.2, 0.25) is 0 Å². The number of imidazole rings is 1. The van der Waals surface area contributed by atoms with Gasteiger partial charge < -0.3 is 14.8 Å². The third-order valence-corrected chi connectivity index (χ3v) is 3.94. The predicted molar refractivity (Wildman–Crippen MR) is 89.6 cm³/mol. The highest BCUT2D eigenvalue weighted by Gasteiger charge is 2.17. The van der Waals surface area contributed by atoms with Crippen LogP contribution in [0.15, 0.2) is 30.5 Å². The van der Waals surface area contributed by atoms with E-state index in [9.17, 15) is 5.11 Å². The number of aromatic nitrogens is 3. The molecule has 1 aromatic carbocycles. The van der Waals surface area contributed by atoms with Crippen molar-refractivity contribution in [1.29, 1.82) is 0 Å². The van der Waals surface area contributed by atoms with Gasteiger partial charge in [-0.15, -0.1) is 0 Å². The molecule has 1 unspecified atom stereocenters. The first-order valence-electron chi connectivity index (χ1n) is 7.80. The summed E-state index contributed by atoms with van der Waals surface area (Å²) in [7, 11) is 0. The molecule has 120 valence electrons. The van der Waals surface area contributed by atoms with Crippen molar-refractivity contribution in [2.45, 2.75) is 33.3 Å². The van der Waals surface area contributed by atoms with Gasteiger partial charge in [0.05, 0.1) is 17.6 Å². The Kier molecular flexibility index (Phi) is 4.30. The number of para-hydroxylation sites is 2. The quantitative estimate of drug-likeness (QED) is 0.759. The highest BCUT2D eigenvalue weighted by atomic mass is 16.5. The predicted octanol–water partition coefficient (Wildman–Crippen LogP) is 3.25. The van der Waals surface area contributed by atoms with Crippen LogP contribution < -0.4 is 4.74 Å². The zero-order valence-electron chi connectivity index (χ0n) is 13.6. The molecule has 3 rings (SSSR count). The molecule has 0 saturated heterocycles. The van der Waals surface area contributed by atoms with E-state index >= 15 is 0 Å². The summed E-state index contributed by atoms with van der Waals surface area (Å²) in [6.07, 6.45) is 1.45. The van der Waals surface area contributed by atoms with Crippen LogP contribution in [0.5, 0.6) is 5.75 Å². The topological polar surface area (TPSA) is 71.0 Å². The number of aliphatic hydroxyl groups excluding tert-OH is 1. The van der Waals surface area contributed by atoms with E-state index in [4.69, 9.17) is 4.74 Å². The molecule has 0 fully saturated rings. The zero-order chi connectivity index (χ0) is 16.4. The van der Waals surface area contributed by atoms with Gasteiger partial charge in [0.1, 0.15) is 17.7 Å². The summed E-state index contributed by atoms with van der Waals surface area (Å²) in [5, 5.41) is 10.5. The maximum atomic E-state index is 10.5. The second-order valence-corrected chi connectivity index (χ2v) is 5.63. The number of aromatic amines is 1. The van der Waals surface area contributed by atoms with E-state index in [0.717, 1.165) is 33.6 Å². The monoisotopic (exact) mass is 311 g/mol. The van der Waals surface area contributed by atoms with E-state index in [0.29, 0.717) is 18.9 Å². The summed E-state index contributed by atoms with van der Waals surface area (Å²) >= 11 is 0. The Hall–Kier alpha value is -2.40. The number of nitrogens with one attached hydrogen (secondary N) is 1. The molecule has 0 spiro atoms. The Morgan fingerprint density at radius 2 is 2.04 bits per heavy atom. The van der Waals surface area contributed by atoms with Crippen LogP contribution in [-0.4, -0.2) is 26.7 Å². The fraction of sp³-hybridized carbons (Fsp3) is 0.333. The van der Waals surface area contributed by atoms with Crippen molar-refractivity contribution in [3.05, 3.63) is 53.1 Å². The van der Waals surface area contributed by atoms with Crippen molar-refractivity contribution in [2.75, 3.05) is 6.61 Å². The van der Waals surface area contributed by atoms with Crippen LogP contribution in [-0.2, 0) is 6.42 Å². The summed E-state index contributed by atoms with van der Waals surface area (Å²) in [5.41, 5.74) is 4.58. The van der Waals surface area contributed by atoms with Crippen molar-refractivity contribution in [2.24, 2.45) is 0 Å². The van der Waals surface area contributed by atoms with Gasteiger partial charge in [-0.2, -0.15) is 0 Å². The average molecular weight is 311 g/mol. The standard InChI is InChI=1S/C18H21N3O2/c1-4-23-17-11(2)10-19-15(12(17)3)9-16(22)18-20-13-7-5-6-8-14(13)21-18/h5-8,10,16,22H,4,9H2,1-3H3,(H,20,21). The third kappa shape index (κ3) is 3.05. The fourth-order valence-electron chi connectivity index (χ4n) is 2.74. The Balaban J connectivity index is 1.87. The van der Waals surface area contributed by atoms with Crippen molar-refractivity contribution in [3.63, 3.8) is 0 Å². The summed E-state index contributed by atoms with van der Waals surface area (Å²) in [6.45, 7) is 6.52. The number of fused-ring (bicyclic) bond motifs is 1. The third-order valence-electron chi connectivity index (χ3n) is 3.94. The molecule has 5 heteroatoms. The number of pyridine rings is 1. The van der Waals surface area contributed by atoms with Gasteiger partial charge in [-0.3, -0.25) is 4.98 Å². The number of hydrogen-bond acceptors (Lipinski definition) is 4.